The molecule has 108 valence electrons. The van der Waals surface area contributed by atoms with Gasteiger partial charge < -0.3 is 4.57 Å². The monoisotopic (exact) mass is 286 g/mol. The highest BCUT2D eigenvalue weighted by Gasteiger charge is 2.10. The zero-order chi connectivity index (χ0) is 14.8. The first-order valence-corrected chi connectivity index (χ1v) is 6.86. The van der Waals surface area contributed by atoms with E-state index < -0.39 is 0 Å². The second kappa shape index (κ2) is 5.47. The molecule has 0 fully saturated rings. The Bertz CT molecular complexity index is 837. The van der Waals surface area contributed by atoms with Gasteiger partial charge in [-0.05, 0) is 24.1 Å². The Kier molecular flexibility index (Phi) is 3.51. The summed E-state index contributed by atoms with van der Waals surface area (Å²) < 4.78 is 16.4. The highest BCUT2D eigenvalue weighted by molar-refractivity contribution is 5.35. The van der Waals surface area contributed by atoms with Gasteiger partial charge in [-0.15, -0.1) is 10.2 Å². The number of hydrogen-bond donors (Lipinski definition) is 0. The van der Waals surface area contributed by atoms with Crippen molar-refractivity contribution in [3.05, 3.63) is 64.2 Å². The van der Waals surface area contributed by atoms with Gasteiger partial charge in [0.2, 0.25) is 5.65 Å². The molecular formula is C15H15FN4O. The minimum absolute atomic E-state index is 0.225. The van der Waals surface area contributed by atoms with E-state index in [1.54, 1.807) is 28.9 Å². The van der Waals surface area contributed by atoms with Gasteiger partial charge in [-0.25, -0.2) is 4.39 Å². The van der Waals surface area contributed by atoms with Crippen LogP contribution in [-0.4, -0.2) is 19.2 Å². The highest BCUT2D eigenvalue weighted by atomic mass is 19.1. The Balaban J connectivity index is 2.01. The number of aromatic nitrogens is 4. The van der Waals surface area contributed by atoms with Crippen molar-refractivity contribution in [2.24, 2.45) is 0 Å². The molecule has 0 unspecified atom stereocenters. The van der Waals surface area contributed by atoms with Crippen molar-refractivity contribution in [1.29, 1.82) is 0 Å². The Morgan fingerprint density at radius 3 is 2.86 bits per heavy atom. The predicted octanol–water partition coefficient (Wildman–Crippen LogP) is 2.03. The molecule has 0 amide bonds. The molecule has 0 aliphatic heterocycles. The van der Waals surface area contributed by atoms with Crippen LogP contribution >= 0.6 is 0 Å². The van der Waals surface area contributed by atoms with Gasteiger partial charge in [-0.3, -0.25) is 9.20 Å². The third-order valence-electron chi connectivity index (χ3n) is 3.33. The summed E-state index contributed by atoms with van der Waals surface area (Å²) in [7, 11) is 0. The van der Waals surface area contributed by atoms with E-state index in [4.69, 9.17) is 0 Å². The molecule has 0 bridgehead atoms. The minimum Gasteiger partial charge on any atom is -0.306 e. The maximum absolute atomic E-state index is 13.2. The predicted molar refractivity (Wildman–Crippen MR) is 76.7 cm³/mol. The Morgan fingerprint density at radius 1 is 1.24 bits per heavy atom. The number of nitrogens with zero attached hydrogens (tertiary/aromatic N) is 4. The molecule has 0 atom stereocenters. The van der Waals surface area contributed by atoms with Crippen molar-refractivity contribution in [3.63, 3.8) is 0 Å². The largest absolute Gasteiger partial charge is 0.306 e. The molecule has 0 N–H and O–H groups in total. The quantitative estimate of drug-likeness (QED) is 0.737. The number of halogens is 1. The van der Waals surface area contributed by atoms with E-state index in [1.807, 2.05) is 6.92 Å². The van der Waals surface area contributed by atoms with Crippen LogP contribution < -0.4 is 5.56 Å². The van der Waals surface area contributed by atoms with Crippen LogP contribution in [0.2, 0.25) is 0 Å². The number of hydrogen-bond acceptors (Lipinski definition) is 3. The summed E-state index contributed by atoms with van der Waals surface area (Å²) in [5.41, 5.74) is 0.809. The lowest BCUT2D eigenvalue weighted by molar-refractivity contribution is 0.622. The van der Waals surface area contributed by atoms with Gasteiger partial charge in [0.15, 0.2) is 0 Å². The molecule has 21 heavy (non-hydrogen) atoms. The van der Waals surface area contributed by atoms with E-state index in [2.05, 4.69) is 10.2 Å². The zero-order valence-electron chi connectivity index (χ0n) is 11.7. The molecule has 0 spiro atoms. The Morgan fingerprint density at radius 2 is 2.10 bits per heavy atom. The van der Waals surface area contributed by atoms with Gasteiger partial charge in [0.1, 0.15) is 11.6 Å². The summed E-state index contributed by atoms with van der Waals surface area (Å²) in [6, 6.07) is 6.21. The van der Waals surface area contributed by atoms with Gasteiger partial charge in [-0.2, -0.15) is 0 Å². The lowest BCUT2D eigenvalue weighted by Gasteiger charge is -2.06. The Labute approximate surface area is 120 Å². The summed E-state index contributed by atoms with van der Waals surface area (Å²) >= 11 is 0. The van der Waals surface area contributed by atoms with E-state index in [0.717, 1.165) is 24.2 Å². The molecule has 3 rings (SSSR count). The normalized spacial score (nSPS) is 11.1. The molecule has 1 aromatic carbocycles. The first-order valence-electron chi connectivity index (χ1n) is 6.86. The van der Waals surface area contributed by atoms with Gasteiger partial charge in [0.05, 0.1) is 6.54 Å². The molecule has 0 saturated heterocycles. The highest BCUT2D eigenvalue weighted by Crippen LogP contribution is 2.06. The van der Waals surface area contributed by atoms with Crippen LogP contribution in [-0.2, 0) is 13.0 Å². The van der Waals surface area contributed by atoms with Gasteiger partial charge in [0, 0.05) is 18.8 Å². The fourth-order valence-corrected chi connectivity index (χ4v) is 2.32. The molecule has 6 heteroatoms. The van der Waals surface area contributed by atoms with Crippen molar-refractivity contribution < 1.29 is 4.39 Å². The summed E-state index contributed by atoms with van der Waals surface area (Å²) in [6.45, 7) is 2.36. The number of fused-ring (bicyclic) bond motifs is 1. The van der Waals surface area contributed by atoms with Crippen molar-refractivity contribution >= 4 is 5.65 Å². The van der Waals surface area contributed by atoms with E-state index >= 15 is 0 Å². The van der Waals surface area contributed by atoms with Gasteiger partial charge >= 0.3 is 0 Å². The van der Waals surface area contributed by atoms with Crippen LogP contribution in [0.3, 0.4) is 0 Å². The minimum atomic E-state index is -0.311. The third-order valence-corrected chi connectivity index (χ3v) is 3.33. The first kappa shape index (κ1) is 13.5. The van der Waals surface area contributed by atoms with E-state index in [0.29, 0.717) is 12.2 Å². The van der Waals surface area contributed by atoms with Crippen molar-refractivity contribution in [3.8, 4) is 0 Å². The van der Waals surface area contributed by atoms with Crippen LogP contribution in [0.15, 0.2) is 41.5 Å². The molecule has 2 heterocycles. The number of aryl methyl sites for hydroxylation is 1. The van der Waals surface area contributed by atoms with E-state index in [-0.39, 0.29) is 11.4 Å². The topological polar surface area (TPSA) is 52.2 Å². The standard InChI is InChI=1S/C15H15FN4O/c1-2-4-13-17-18-14-15(21)19(7-8-20(13)14)10-11-5-3-6-12(16)9-11/h3,5-9H,2,4,10H2,1H3. The van der Waals surface area contributed by atoms with E-state index in [9.17, 15) is 9.18 Å². The van der Waals surface area contributed by atoms with E-state index in [1.165, 1.54) is 16.7 Å². The van der Waals surface area contributed by atoms with Crippen molar-refractivity contribution in [2.45, 2.75) is 26.3 Å². The maximum atomic E-state index is 13.2. The first-order chi connectivity index (χ1) is 10.2. The molecule has 3 aromatic rings. The van der Waals surface area contributed by atoms with Crippen molar-refractivity contribution in [2.75, 3.05) is 0 Å². The fourth-order valence-electron chi connectivity index (χ4n) is 2.32. The zero-order valence-corrected chi connectivity index (χ0v) is 11.7. The average Bonchev–Trinajstić information content (AvgIpc) is 2.87. The summed E-state index contributed by atoms with van der Waals surface area (Å²) in [6.07, 6.45) is 5.17. The SMILES string of the molecule is CCCc1nnc2c(=O)n(Cc3cccc(F)c3)ccn12. The summed E-state index contributed by atoms with van der Waals surface area (Å²) in [5, 5.41) is 8.01. The molecule has 5 nitrogen and oxygen atoms in total. The third kappa shape index (κ3) is 2.56. The molecule has 0 saturated carbocycles. The second-order valence-corrected chi connectivity index (χ2v) is 4.92. The van der Waals surface area contributed by atoms with Crippen LogP contribution in [0, 0.1) is 5.82 Å². The summed E-state index contributed by atoms with van der Waals surface area (Å²) in [4.78, 5) is 12.4. The molecular weight excluding hydrogens is 271 g/mol. The van der Waals surface area contributed by atoms with Crippen LogP contribution in [0.5, 0.6) is 0 Å². The van der Waals surface area contributed by atoms with Crippen LogP contribution in [0.4, 0.5) is 4.39 Å². The lowest BCUT2D eigenvalue weighted by Crippen LogP contribution is -2.22. The fraction of sp³-hybridized carbons (Fsp3) is 0.267. The number of benzene rings is 1. The maximum Gasteiger partial charge on any atom is 0.296 e. The smallest absolute Gasteiger partial charge is 0.296 e. The van der Waals surface area contributed by atoms with Gasteiger partial charge in [-0.1, -0.05) is 19.1 Å². The number of rotatable bonds is 4. The molecule has 0 radical (unpaired) electrons. The van der Waals surface area contributed by atoms with Crippen molar-refractivity contribution in [1.82, 2.24) is 19.2 Å². The van der Waals surface area contributed by atoms with Crippen LogP contribution in [0.25, 0.3) is 5.65 Å². The molecule has 0 aliphatic rings. The molecule has 2 aromatic heterocycles. The Hall–Kier alpha value is -2.50. The van der Waals surface area contributed by atoms with Crippen LogP contribution in [0.1, 0.15) is 24.7 Å². The van der Waals surface area contributed by atoms with Gasteiger partial charge in [0.25, 0.3) is 5.56 Å². The summed E-state index contributed by atoms with van der Waals surface area (Å²) in [5.74, 6) is 0.469. The lowest BCUT2D eigenvalue weighted by atomic mass is 10.2. The molecule has 0 aliphatic carbocycles. The average molecular weight is 286 g/mol. The second-order valence-electron chi connectivity index (χ2n) is 4.92.